The molecular formula is C23H22F6N2O2S. The van der Waals surface area contributed by atoms with Gasteiger partial charge in [0.25, 0.3) is 0 Å². The van der Waals surface area contributed by atoms with Gasteiger partial charge in [-0.2, -0.15) is 0 Å². The lowest BCUT2D eigenvalue weighted by Gasteiger charge is -2.40. The number of benzene rings is 2. The number of ether oxygens (including phenoxy) is 2. The summed E-state index contributed by atoms with van der Waals surface area (Å²) in [7, 11) is -8.74. The van der Waals surface area contributed by atoms with Crippen molar-refractivity contribution in [3.05, 3.63) is 65.6 Å². The molecule has 0 unspecified atom stereocenters. The Labute approximate surface area is 192 Å². The summed E-state index contributed by atoms with van der Waals surface area (Å²) in [5, 5.41) is 0. The fourth-order valence-electron chi connectivity index (χ4n) is 3.78. The first-order valence-corrected chi connectivity index (χ1v) is 12.3. The molecule has 0 aliphatic heterocycles. The molecule has 2 aromatic carbocycles. The van der Waals surface area contributed by atoms with E-state index in [9.17, 15) is 19.4 Å². The van der Waals surface area contributed by atoms with Crippen LogP contribution in [-0.2, 0) is 6.61 Å². The molecule has 2 N–H and O–H groups in total. The Kier molecular flexibility index (Phi) is 5.47. The fourth-order valence-corrected chi connectivity index (χ4v) is 4.47. The summed E-state index contributed by atoms with van der Waals surface area (Å²) >= 11 is 0. The predicted octanol–water partition coefficient (Wildman–Crippen LogP) is 7.98. The molecule has 0 atom stereocenters. The van der Waals surface area contributed by atoms with Crippen LogP contribution in [0.3, 0.4) is 0 Å². The second-order valence-corrected chi connectivity index (χ2v) is 10.6. The molecule has 4 rings (SSSR count). The Bertz CT molecular complexity index is 1230. The Balaban J connectivity index is 1.74. The van der Waals surface area contributed by atoms with E-state index >= 15 is 4.39 Å². The lowest BCUT2D eigenvalue weighted by atomic mass is 9.79. The zero-order valence-corrected chi connectivity index (χ0v) is 18.9. The number of pyridine rings is 1. The molecule has 0 spiro atoms. The number of anilines is 1. The molecule has 1 aromatic heterocycles. The van der Waals surface area contributed by atoms with Crippen molar-refractivity contribution in [1.82, 2.24) is 4.98 Å². The standard InChI is InChI=1S/C23H22F6N2O2S/c1-32-21-10-6-17(34(25,26,27,28)29)11-15(21)13-33-23-18(14-3-2-4-14)7-8-19(22(23)24)20-9-5-16(30)12-31-20/h5-12,14H,2-4,13,30H2,1H3. The minimum Gasteiger partial charge on any atom is -0.496 e. The Morgan fingerprint density at radius 2 is 1.76 bits per heavy atom. The largest absolute Gasteiger partial charge is 0.496 e. The van der Waals surface area contributed by atoms with Gasteiger partial charge in [0, 0.05) is 16.7 Å². The van der Waals surface area contributed by atoms with Crippen LogP contribution in [0.25, 0.3) is 11.3 Å². The fraction of sp³-hybridized carbons (Fsp3) is 0.261. The van der Waals surface area contributed by atoms with Gasteiger partial charge in [0.05, 0.1) is 24.7 Å². The smallest absolute Gasteiger partial charge is 0.310 e. The molecule has 1 fully saturated rings. The van der Waals surface area contributed by atoms with Crippen molar-refractivity contribution in [2.75, 3.05) is 12.8 Å². The maximum Gasteiger partial charge on any atom is 0.310 e. The lowest BCUT2D eigenvalue weighted by molar-refractivity contribution is 0.272. The summed E-state index contributed by atoms with van der Waals surface area (Å²) in [6, 6.07) is 7.68. The number of halogens is 6. The Hall–Kier alpha value is -3.08. The molecule has 0 saturated heterocycles. The number of hydrogen-bond acceptors (Lipinski definition) is 4. The molecule has 1 heterocycles. The monoisotopic (exact) mass is 504 g/mol. The van der Waals surface area contributed by atoms with Gasteiger partial charge >= 0.3 is 10.2 Å². The van der Waals surface area contributed by atoms with E-state index in [0.29, 0.717) is 11.3 Å². The summed E-state index contributed by atoms with van der Waals surface area (Å²) in [6.07, 6.45) is 3.93. The summed E-state index contributed by atoms with van der Waals surface area (Å²) in [6.45, 7) is -0.611. The van der Waals surface area contributed by atoms with E-state index in [1.807, 2.05) is 0 Å². The molecular weight excluding hydrogens is 482 g/mol. The predicted molar refractivity (Wildman–Crippen MR) is 119 cm³/mol. The molecule has 0 radical (unpaired) electrons. The molecule has 4 nitrogen and oxygen atoms in total. The average Bonchev–Trinajstić information content (AvgIpc) is 2.71. The molecule has 0 amide bonds. The SMILES string of the molecule is COc1ccc(S(F)(F)(F)(F)F)cc1COc1c(C2CCC2)ccc(-c2ccc(N)cn2)c1F. The quantitative estimate of drug-likeness (QED) is 0.332. The Morgan fingerprint density at radius 1 is 1.03 bits per heavy atom. The number of nitrogens with two attached hydrogens (primary N) is 1. The van der Waals surface area contributed by atoms with E-state index < -0.39 is 27.5 Å². The summed E-state index contributed by atoms with van der Waals surface area (Å²) < 4.78 is 92.9. The van der Waals surface area contributed by atoms with Crippen LogP contribution in [-0.4, -0.2) is 12.1 Å². The number of nitrogens with zero attached hydrogens (tertiary/aromatic N) is 1. The zero-order chi connectivity index (χ0) is 24.8. The van der Waals surface area contributed by atoms with E-state index in [1.54, 1.807) is 18.2 Å². The number of hydrogen-bond donors (Lipinski definition) is 1. The molecule has 1 aliphatic carbocycles. The van der Waals surface area contributed by atoms with Crippen molar-refractivity contribution in [2.24, 2.45) is 0 Å². The van der Waals surface area contributed by atoms with Gasteiger partial charge in [-0.05, 0) is 55.2 Å². The number of methoxy groups -OCH3 is 1. The highest BCUT2D eigenvalue weighted by Gasteiger charge is 2.65. The first-order valence-electron chi connectivity index (χ1n) is 10.3. The summed E-state index contributed by atoms with van der Waals surface area (Å²) in [5.74, 6) is -0.964. The van der Waals surface area contributed by atoms with Crippen LogP contribution in [0.4, 0.5) is 29.5 Å². The van der Waals surface area contributed by atoms with Crippen molar-refractivity contribution in [3.63, 3.8) is 0 Å². The number of rotatable bonds is 7. The lowest BCUT2D eigenvalue weighted by Crippen LogP contribution is -2.13. The average molecular weight is 504 g/mol. The first-order chi connectivity index (χ1) is 15.8. The van der Waals surface area contributed by atoms with Gasteiger partial charge in [-0.3, -0.25) is 4.98 Å². The number of aromatic nitrogens is 1. The van der Waals surface area contributed by atoms with Crippen molar-refractivity contribution in [2.45, 2.75) is 36.7 Å². The van der Waals surface area contributed by atoms with Crippen LogP contribution in [0.1, 0.15) is 36.3 Å². The minimum atomic E-state index is -9.93. The van der Waals surface area contributed by atoms with Crippen molar-refractivity contribution in [1.29, 1.82) is 0 Å². The normalized spacial score (nSPS) is 16.3. The van der Waals surface area contributed by atoms with Crippen molar-refractivity contribution in [3.8, 4) is 22.8 Å². The third kappa shape index (κ3) is 4.89. The second-order valence-electron chi connectivity index (χ2n) is 8.18. The number of nitrogen functional groups attached to an aromatic ring is 1. The van der Waals surface area contributed by atoms with E-state index in [0.717, 1.165) is 25.3 Å². The highest BCUT2D eigenvalue weighted by molar-refractivity contribution is 8.45. The van der Waals surface area contributed by atoms with Gasteiger partial charge in [-0.15, -0.1) is 0 Å². The maximum absolute atomic E-state index is 15.6. The Morgan fingerprint density at radius 3 is 2.32 bits per heavy atom. The van der Waals surface area contributed by atoms with Gasteiger partial charge in [-0.1, -0.05) is 31.9 Å². The van der Waals surface area contributed by atoms with E-state index in [2.05, 4.69) is 4.98 Å². The summed E-state index contributed by atoms with van der Waals surface area (Å²) in [5.41, 5.74) is 6.71. The molecule has 184 valence electrons. The van der Waals surface area contributed by atoms with Crippen molar-refractivity contribution >= 4 is 15.9 Å². The highest BCUT2D eigenvalue weighted by Crippen LogP contribution is 3.02. The van der Waals surface area contributed by atoms with Gasteiger partial charge < -0.3 is 15.2 Å². The third-order valence-corrected chi connectivity index (χ3v) is 6.95. The molecule has 11 heteroatoms. The van der Waals surface area contributed by atoms with Crippen LogP contribution in [0.15, 0.2) is 53.6 Å². The maximum atomic E-state index is 15.6. The molecule has 3 aromatic rings. The van der Waals surface area contributed by atoms with Gasteiger partial charge in [0.2, 0.25) is 0 Å². The highest BCUT2D eigenvalue weighted by atomic mass is 32.5. The minimum absolute atomic E-state index is 0.0239. The zero-order valence-electron chi connectivity index (χ0n) is 18.0. The van der Waals surface area contributed by atoms with Gasteiger partial charge in [0.1, 0.15) is 17.3 Å². The molecule has 34 heavy (non-hydrogen) atoms. The summed E-state index contributed by atoms with van der Waals surface area (Å²) in [4.78, 5) is 2.04. The van der Waals surface area contributed by atoms with Crippen LogP contribution >= 0.6 is 10.2 Å². The first kappa shape index (κ1) is 24.1. The molecule has 1 aliphatic rings. The van der Waals surface area contributed by atoms with Crippen LogP contribution < -0.4 is 15.2 Å². The molecule has 0 bridgehead atoms. The topological polar surface area (TPSA) is 57.4 Å². The van der Waals surface area contributed by atoms with Gasteiger partial charge in [-0.25, -0.2) is 4.39 Å². The van der Waals surface area contributed by atoms with E-state index in [1.165, 1.54) is 19.4 Å². The van der Waals surface area contributed by atoms with E-state index in [4.69, 9.17) is 15.2 Å². The van der Waals surface area contributed by atoms with Crippen LogP contribution in [0.2, 0.25) is 0 Å². The van der Waals surface area contributed by atoms with Crippen LogP contribution in [0, 0.1) is 5.82 Å². The van der Waals surface area contributed by atoms with Crippen LogP contribution in [0.5, 0.6) is 11.5 Å². The third-order valence-electron chi connectivity index (χ3n) is 5.80. The van der Waals surface area contributed by atoms with Gasteiger partial charge in [0.15, 0.2) is 11.6 Å². The van der Waals surface area contributed by atoms with Crippen molar-refractivity contribution < 1.29 is 33.3 Å². The second kappa shape index (κ2) is 7.72. The van der Waals surface area contributed by atoms with E-state index in [-0.39, 0.29) is 46.4 Å². The molecule has 1 saturated carbocycles.